The Morgan fingerprint density at radius 1 is 1.08 bits per heavy atom. The fourth-order valence-corrected chi connectivity index (χ4v) is 3.46. The van der Waals surface area contributed by atoms with Crippen molar-refractivity contribution >= 4 is 37.5 Å². The van der Waals surface area contributed by atoms with Gasteiger partial charge in [-0.3, -0.25) is 4.79 Å². The van der Waals surface area contributed by atoms with E-state index in [2.05, 4.69) is 26.0 Å². The number of hydrogen-bond donors (Lipinski definition) is 2. The van der Waals surface area contributed by atoms with E-state index in [4.69, 9.17) is 0 Å². The number of carbonyl (C=O) groups is 1. The van der Waals surface area contributed by atoms with Crippen molar-refractivity contribution in [1.29, 1.82) is 0 Å². The summed E-state index contributed by atoms with van der Waals surface area (Å²) < 4.78 is 27.5. The monoisotopic (exact) mass is 410 g/mol. The minimum Gasteiger partial charge on any atom is -0.326 e. The van der Waals surface area contributed by atoms with Gasteiger partial charge in [0.2, 0.25) is 15.9 Å². The highest BCUT2D eigenvalue weighted by Crippen LogP contribution is 2.16. The standard InChI is InChI=1S/C17H19BrN2O3S/c1-12-3-8-16(13(2)11-12)20-17(21)9-10-19-24(22,23)15-6-4-14(18)5-7-15/h3-8,11,19H,9-10H2,1-2H3,(H,20,21). The summed E-state index contributed by atoms with van der Waals surface area (Å²) in [5.41, 5.74) is 2.83. The fourth-order valence-electron chi connectivity index (χ4n) is 2.16. The summed E-state index contributed by atoms with van der Waals surface area (Å²) in [4.78, 5) is 12.1. The molecular weight excluding hydrogens is 392 g/mol. The molecule has 2 aromatic rings. The van der Waals surface area contributed by atoms with Gasteiger partial charge in [0, 0.05) is 23.1 Å². The van der Waals surface area contributed by atoms with Crippen molar-refractivity contribution in [3.63, 3.8) is 0 Å². The number of halogens is 1. The van der Waals surface area contributed by atoms with E-state index in [1.807, 2.05) is 32.0 Å². The maximum atomic E-state index is 12.1. The third-order valence-electron chi connectivity index (χ3n) is 3.42. The zero-order valence-corrected chi connectivity index (χ0v) is 15.9. The number of rotatable bonds is 6. The second-order valence-corrected chi connectivity index (χ2v) is 8.15. The number of benzene rings is 2. The largest absolute Gasteiger partial charge is 0.326 e. The van der Waals surface area contributed by atoms with E-state index in [0.29, 0.717) is 0 Å². The lowest BCUT2D eigenvalue weighted by Gasteiger charge is -2.10. The molecule has 2 aromatic carbocycles. The molecule has 0 fully saturated rings. The first-order chi connectivity index (χ1) is 11.3. The highest BCUT2D eigenvalue weighted by Gasteiger charge is 2.14. The second-order valence-electron chi connectivity index (χ2n) is 5.47. The molecule has 0 aromatic heterocycles. The highest BCUT2D eigenvalue weighted by atomic mass is 79.9. The molecule has 0 aliphatic carbocycles. The van der Waals surface area contributed by atoms with Crippen molar-refractivity contribution < 1.29 is 13.2 Å². The molecule has 0 unspecified atom stereocenters. The number of carbonyl (C=O) groups excluding carboxylic acids is 1. The first-order valence-electron chi connectivity index (χ1n) is 7.40. The van der Waals surface area contributed by atoms with Gasteiger partial charge in [-0.25, -0.2) is 13.1 Å². The Kier molecular flexibility index (Phi) is 6.15. The zero-order chi connectivity index (χ0) is 17.7. The molecule has 2 rings (SSSR count). The van der Waals surface area contributed by atoms with Gasteiger partial charge in [-0.1, -0.05) is 33.6 Å². The van der Waals surface area contributed by atoms with E-state index in [1.165, 1.54) is 12.1 Å². The zero-order valence-electron chi connectivity index (χ0n) is 13.5. The first kappa shape index (κ1) is 18.6. The molecule has 0 saturated heterocycles. The highest BCUT2D eigenvalue weighted by molar-refractivity contribution is 9.10. The number of sulfonamides is 1. The number of aryl methyl sites for hydroxylation is 2. The summed E-state index contributed by atoms with van der Waals surface area (Å²) in [5, 5.41) is 2.79. The molecule has 5 nitrogen and oxygen atoms in total. The fraction of sp³-hybridized carbons (Fsp3) is 0.235. The molecule has 0 aliphatic rings. The molecule has 7 heteroatoms. The van der Waals surface area contributed by atoms with Crippen molar-refractivity contribution in [2.45, 2.75) is 25.2 Å². The quantitative estimate of drug-likeness (QED) is 0.766. The number of hydrogen-bond acceptors (Lipinski definition) is 3. The van der Waals surface area contributed by atoms with Crippen LogP contribution in [-0.2, 0) is 14.8 Å². The molecular formula is C17H19BrN2O3S. The smallest absolute Gasteiger partial charge is 0.240 e. The van der Waals surface area contributed by atoms with Crippen LogP contribution in [0, 0.1) is 13.8 Å². The molecule has 24 heavy (non-hydrogen) atoms. The minimum absolute atomic E-state index is 0.0368. The van der Waals surface area contributed by atoms with Gasteiger partial charge < -0.3 is 5.32 Å². The molecule has 2 N–H and O–H groups in total. The SMILES string of the molecule is Cc1ccc(NC(=O)CCNS(=O)(=O)c2ccc(Br)cc2)c(C)c1. The van der Waals surface area contributed by atoms with E-state index in [9.17, 15) is 13.2 Å². The lowest BCUT2D eigenvalue weighted by Crippen LogP contribution is -2.27. The van der Waals surface area contributed by atoms with Crippen LogP contribution in [0.3, 0.4) is 0 Å². The van der Waals surface area contributed by atoms with Crippen LogP contribution in [0.25, 0.3) is 0 Å². The molecule has 0 aliphatic heterocycles. The Balaban J connectivity index is 1.89. The Hall–Kier alpha value is -1.70. The maximum absolute atomic E-state index is 12.1. The van der Waals surface area contributed by atoms with Gasteiger partial charge in [-0.05, 0) is 49.7 Å². The van der Waals surface area contributed by atoms with Gasteiger partial charge in [-0.2, -0.15) is 0 Å². The number of nitrogens with one attached hydrogen (secondary N) is 2. The Morgan fingerprint density at radius 2 is 1.75 bits per heavy atom. The average Bonchev–Trinajstić information content (AvgIpc) is 2.50. The summed E-state index contributed by atoms with van der Waals surface area (Å²) in [7, 11) is -3.61. The van der Waals surface area contributed by atoms with Gasteiger partial charge in [0.25, 0.3) is 0 Å². The summed E-state index contributed by atoms with van der Waals surface area (Å²) >= 11 is 3.26. The van der Waals surface area contributed by atoms with Crippen LogP contribution in [0.4, 0.5) is 5.69 Å². The van der Waals surface area contributed by atoms with Gasteiger partial charge >= 0.3 is 0 Å². The maximum Gasteiger partial charge on any atom is 0.240 e. The third-order valence-corrected chi connectivity index (χ3v) is 5.43. The van der Waals surface area contributed by atoms with Gasteiger partial charge in [0.1, 0.15) is 0 Å². The molecule has 0 heterocycles. The van der Waals surface area contributed by atoms with Crippen LogP contribution in [0.5, 0.6) is 0 Å². The Labute approximate surface area is 150 Å². The summed E-state index contributed by atoms with van der Waals surface area (Å²) in [6.45, 7) is 3.93. The second kappa shape index (κ2) is 7.92. The average molecular weight is 411 g/mol. The molecule has 1 amide bonds. The molecule has 0 radical (unpaired) electrons. The van der Waals surface area contributed by atoms with Crippen molar-refractivity contribution in [3.05, 3.63) is 58.1 Å². The van der Waals surface area contributed by atoms with Gasteiger partial charge in [0.05, 0.1) is 4.90 Å². The van der Waals surface area contributed by atoms with Crippen molar-refractivity contribution in [1.82, 2.24) is 4.72 Å². The molecule has 0 saturated carbocycles. The van der Waals surface area contributed by atoms with Crippen LogP contribution in [0.1, 0.15) is 17.5 Å². The van der Waals surface area contributed by atoms with Crippen LogP contribution >= 0.6 is 15.9 Å². The van der Waals surface area contributed by atoms with Crippen molar-refractivity contribution in [3.8, 4) is 0 Å². The first-order valence-corrected chi connectivity index (χ1v) is 9.68. The minimum atomic E-state index is -3.61. The summed E-state index contributed by atoms with van der Waals surface area (Å²) in [5.74, 6) is -0.236. The van der Waals surface area contributed by atoms with Crippen LogP contribution in [0.2, 0.25) is 0 Å². The van der Waals surface area contributed by atoms with E-state index in [1.54, 1.807) is 12.1 Å². The summed E-state index contributed by atoms with van der Waals surface area (Å²) in [6.07, 6.45) is 0.0586. The van der Waals surface area contributed by atoms with Crippen molar-refractivity contribution in [2.24, 2.45) is 0 Å². The lowest BCUT2D eigenvalue weighted by atomic mass is 10.1. The van der Waals surface area contributed by atoms with Gasteiger partial charge in [0.15, 0.2) is 0 Å². The van der Waals surface area contributed by atoms with E-state index in [-0.39, 0.29) is 23.8 Å². The Morgan fingerprint density at radius 3 is 2.38 bits per heavy atom. The number of amides is 1. The molecule has 0 bridgehead atoms. The van der Waals surface area contributed by atoms with Crippen LogP contribution in [0.15, 0.2) is 51.8 Å². The van der Waals surface area contributed by atoms with E-state index < -0.39 is 10.0 Å². The van der Waals surface area contributed by atoms with E-state index in [0.717, 1.165) is 21.3 Å². The topological polar surface area (TPSA) is 75.3 Å². The Bertz CT molecular complexity index is 833. The molecule has 0 atom stereocenters. The number of anilines is 1. The van der Waals surface area contributed by atoms with Crippen LogP contribution < -0.4 is 10.0 Å². The van der Waals surface area contributed by atoms with Crippen LogP contribution in [-0.4, -0.2) is 20.9 Å². The normalized spacial score (nSPS) is 11.3. The summed E-state index contributed by atoms with van der Waals surface area (Å²) in [6, 6.07) is 12.0. The van der Waals surface area contributed by atoms with Crippen molar-refractivity contribution in [2.75, 3.05) is 11.9 Å². The van der Waals surface area contributed by atoms with Gasteiger partial charge in [-0.15, -0.1) is 0 Å². The predicted octanol–water partition coefficient (Wildman–Crippen LogP) is 3.37. The molecule has 0 spiro atoms. The van der Waals surface area contributed by atoms with E-state index >= 15 is 0 Å². The molecule has 128 valence electrons. The lowest BCUT2D eigenvalue weighted by molar-refractivity contribution is -0.116. The predicted molar refractivity (Wildman–Crippen MR) is 98.5 cm³/mol. The third kappa shape index (κ3) is 5.15.